The van der Waals surface area contributed by atoms with Gasteiger partial charge in [0, 0.05) is 35.7 Å². The fourth-order valence-corrected chi connectivity index (χ4v) is 4.19. The Kier molecular flexibility index (Phi) is 5.42. The van der Waals surface area contributed by atoms with Gasteiger partial charge in [0.05, 0.1) is 4.92 Å². The van der Waals surface area contributed by atoms with Crippen LogP contribution in [0.5, 0.6) is 0 Å². The van der Waals surface area contributed by atoms with E-state index in [0.29, 0.717) is 18.0 Å². The van der Waals surface area contributed by atoms with Gasteiger partial charge in [-0.3, -0.25) is 25.0 Å². The highest BCUT2D eigenvalue weighted by molar-refractivity contribution is 7.15. The van der Waals surface area contributed by atoms with Gasteiger partial charge in [-0.15, -0.1) is 10.2 Å². The van der Waals surface area contributed by atoms with Crippen LogP contribution in [0.25, 0.3) is 0 Å². The van der Waals surface area contributed by atoms with E-state index in [1.807, 2.05) is 30.3 Å². The molecular weight excluding hydrogens is 430 g/mol. The number of anilines is 2. The zero-order chi connectivity index (χ0) is 21.3. The normalized spacial score (nSPS) is 16.0. The zero-order valence-corrected chi connectivity index (χ0v) is 16.9. The Bertz CT molecular complexity index is 1140. The summed E-state index contributed by atoms with van der Waals surface area (Å²) in [7, 11) is 0. The number of nitrogens with zero attached hydrogens (tertiary/aromatic N) is 4. The van der Waals surface area contributed by atoms with Crippen molar-refractivity contribution < 1.29 is 14.5 Å². The number of nitro benzene ring substituents is 1. The first-order valence-electron chi connectivity index (χ1n) is 8.86. The smallest absolute Gasteiger partial charge is 0.283 e. The SMILES string of the molecule is O=C(Nc1nnc(C2CC(=O)N(c3ccccc3)C2)s1)c1ccc(Cl)cc1[N+](=O)[O-]. The number of hydrogen-bond acceptors (Lipinski definition) is 7. The fraction of sp³-hybridized carbons (Fsp3) is 0.158. The molecular formula is C19H14ClN5O4S. The number of halogens is 1. The van der Waals surface area contributed by atoms with Crippen molar-refractivity contribution in [3.8, 4) is 0 Å². The van der Waals surface area contributed by atoms with Gasteiger partial charge >= 0.3 is 0 Å². The van der Waals surface area contributed by atoms with Gasteiger partial charge < -0.3 is 4.90 Å². The fourth-order valence-electron chi connectivity index (χ4n) is 3.19. The number of carbonyl (C=O) groups excluding carboxylic acids is 2. The molecule has 3 aromatic rings. The summed E-state index contributed by atoms with van der Waals surface area (Å²) in [5.74, 6) is -0.844. The van der Waals surface area contributed by atoms with Crippen molar-refractivity contribution in [3.05, 3.63) is 74.2 Å². The maximum Gasteiger partial charge on any atom is 0.283 e. The first kappa shape index (κ1) is 19.9. The number of para-hydroxylation sites is 1. The topological polar surface area (TPSA) is 118 Å². The number of nitro groups is 1. The minimum absolute atomic E-state index is 0.0104. The van der Waals surface area contributed by atoms with Crippen molar-refractivity contribution in [2.75, 3.05) is 16.8 Å². The van der Waals surface area contributed by atoms with Crippen molar-refractivity contribution in [2.24, 2.45) is 0 Å². The third-order valence-corrected chi connectivity index (χ3v) is 5.84. The maximum atomic E-state index is 12.5. The molecule has 1 fully saturated rings. The van der Waals surface area contributed by atoms with E-state index in [1.54, 1.807) is 4.90 Å². The summed E-state index contributed by atoms with van der Waals surface area (Å²) >= 11 is 6.92. The largest absolute Gasteiger partial charge is 0.312 e. The van der Waals surface area contributed by atoms with E-state index in [-0.39, 0.29) is 27.5 Å². The van der Waals surface area contributed by atoms with Crippen molar-refractivity contribution in [1.29, 1.82) is 0 Å². The molecule has 1 aliphatic rings. The standard InChI is InChI=1S/C19H14ClN5O4S/c20-12-6-7-14(15(9-12)25(28)29)17(27)21-19-23-22-18(30-19)11-8-16(26)24(10-11)13-4-2-1-3-5-13/h1-7,9,11H,8,10H2,(H,21,23,27). The van der Waals surface area contributed by atoms with Crippen LogP contribution >= 0.6 is 22.9 Å². The number of hydrogen-bond donors (Lipinski definition) is 1. The molecule has 1 aliphatic heterocycles. The highest BCUT2D eigenvalue weighted by Gasteiger charge is 2.34. The molecule has 152 valence electrons. The van der Waals surface area contributed by atoms with Crippen LogP contribution in [0.1, 0.15) is 27.7 Å². The van der Waals surface area contributed by atoms with E-state index in [4.69, 9.17) is 11.6 Å². The summed E-state index contributed by atoms with van der Waals surface area (Å²) < 4.78 is 0. The molecule has 9 nitrogen and oxygen atoms in total. The summed E-state index contributed by atoms with van der Waals surface area (Å²) in [6, 6.07) is 13.1. The van der Waals surface area contributed by atoms with Gasteiger partial charge in [-0.1, -0.05) is 41.1 Å². The second kappa shape index (κ2) is 8.17. The third-order valence-electron chi connectivity index (χ3n) is 4.60. The number of rotatable bonds is 5. The Morgan fingerprint density at radius 3 is 2.73 bits per heavy atom. The molecule has 0 radical (unpaired) electrons. The van der Waals surface area contributed by atoms with Crippen LogP contribution in [0.4, 0.5) is 16.5 Å². The van der Waals surface area contributed by atoms with Crippen LogP contribution in [0.3, 0.4) is 0 Å². The van der Waals surface area contributed by atoms with Gasteiger partial charge in [-0.25, -0.2) is 0 Å². The monoisotopic (exact) mass is 443 g/mol. The molecule has 2 heterocycles. The quantitative estimate of drug-likeness (QED) is 0.472. The highest BCUT2D eigenvalue weighted by Crippen LogP contribution is 2.34. The predicted octanol–water partition coefficient (Wildman–Crippen LogP) is 3.87. The summed E-state index contributed by atoms with van der Waals surface area (Å²) in [6.07, 6.45) is 0.292. The summed E-state index contributed by atoms with van der Waals surface area (Å²) in [5.41, 5.74) is 0.287. The number of aromatic nitrogens is 2. The van der Waals surface area contributed by atoms with Crippen LogP contribution in [0.2, 0.25) is 5.02 Å². The van der Waals surface area contributed by atoms with E-state index in [9.17, 15) is 19.7 Å². The Labute approximate surface area is 179 Å². The molecule has 1 N–H and O–H groups in total. The molecule has 0 bridgehead atoms. The Morgan fingerprint density at radius 2 is 2.00 bits per heavy atom. The molecule has 2 aromatic carbocycles. The highest BCUT2D eigenvalue weighted by atomic mass is 35.5. The van der Waals surface area contributed by atoms with Crippen molar-refractivity contribution in [1.82, 2.24) is 10.2 Å². The molecule has 2 amide bonds. The Balaban J connectivity index is 1.48. The van der Waals surface area contributed by atoms with E-state index in [1.165, 1.54) is 12.1 Å². The van der Waals surface area contributed by atoms with E-state index >= 15 is 0 Å². The lowest BCUT2D eigenvalue weighted by atomic mass is 10.1. The second-order valence-electron chi connectivity index (χ2n) is 6.56. The van der Waals surface area contributed by atoms with E-state index in [0.717, 1.165) is 23.1 Å². The molecule has 1 unspecified atom stereocenters. The first-order valence-corrected chi connectivity index (χ1v) is 10.1. The molecule has 1 saturated heterocycles. The average Bonchev–Trinajstić information content (AvgIpc) is 3.35. The zero-order valence-electron chi connectivity index (χ0n) is 15.3. The molecule has 0 aliphatic carbocycles. The lowest BCUT2D eigenvalue weighted by molar-refractivity contribution is -0.385. The van der Waals surface area contributed by atoms with Crippen LogP contribution in [0.15, 0.2) is 48.5 Å². The van der Waals surface area contributed by atoms with Crippen LogP contribution in [0, 0.1) is 10.1 Å². The average molecular weight is 444 g/mol. The van der Waals surface area contributed by atoms with Gasteiger partial charge in [0.1, 0.15) is 10.6 Å². The van der Waals surface area contributed by atoms with Crippen LogP contribution < -0.4 is 10.2 Å². The lowest BCUT2D eigenvalue weighted by Crippen LogP contribution is -2.24. The first-order chi connectivity index (χ1) is 14.4. The van der Waals surface area contributed by atoms with Crippen LogP contribution in [-0.4, -0.2) is 33.5 Å². The van der Waals surface area contributed by atoms with Gasteiger partial charge in [-0.05, 0) is 24.3 Å². The lowest BCUT2D eigenvalue weighted by Gasteiger charge is -2.15. The van der Waals surface area contributed by atoms with Gasteiger partial charge in [0.15, 0.2) is 0 Å². The molecule has 30 heavy (non-hydrogen) atoms. The third kappa shape index (κ3) is 4.00. The van der Waals surface area contributed by atoms with Gasteiger partial charge in [-0.2, -0.15) is 0 Å². The molecule has 0 saturated carbocycles. The maximum absolute atomic E-state index is 12.5. The minimum Gasteiger partial charge on any atom is -0.312 e. The Hall–Kier alpha value is -3.37. The summed E-state index contributed by atoms with van der Waals surface area (Å²) in [4.78, 5) is 37.1. The van der Waals surface area contributed by atoms with Crippen LogP contribution in [-0.2, 0) is 4.79 Å². The van der Waals surface area contributed by atoms with Crippen molar-refractivity contribution in [3.63, 3.8) is 0 Å². The Morgan fingerprint density at radius 1 is 1.23 bits per heavy atom. The predicted molar refractivity (Wildman–Crippen MR) is 112 cm³/mol. The summed E-state index contributed by atoms with van der Waals surface area (Å²) in [6.45, 7) is 0.466. The minimum atomic E-state index is -0.686. The number of nitrogens with one attached hydrogen (secondary N) is 1. The number of amides is 2. The number of carbonyl (C=O) groups is 2. The number of benzene rings is 2. The van der Waals surface area contributed by atoms with Gasteiger partial charge in [0.25, 0.3) is 11.6 Å². The second-order valence-corrected chi connectivity index (χ2v) is 8.00. The molecule has 0 spiro atoms. The van der Waals surface area contributed by atoms with Crippen molar-refractivity contribution in [2.45, 2.75) is 12.3 Å². The van der Waals surface area contributed by atoms with E-state index in [2.05, 4.69) is 15.5 Å². The molecule has 1 atom stereocenters. The summed E-state index contributed by atoms with van der Waals surface area (Å²) in [5, 5.41) is 22.7. The van der Waals surface area contributed by atoms with Gasteiger partial charge in [0.2, 0.25) is 11.0 Å². The molecule has 11 heteroatoms. The van der Waals surface area contributed by atoms with Crippen molar-refractivity contribution >= 4 is 51.3 Å². The molecule has 1 aromatic heterocycles. The van der Waals surface area contributed by atoms with E-state index < -0.39 is 16.5 Å². The molecule has 4 rings (SSSR count).